The molecule has 0 spiro atoms. The monoisotopic (exact) mass is 220 g/mol. The minimum Gasteiger partial charge on any atom is -0.465 e. The zero-order chi connectivity index (χ0) is 11.6. The lowest BCUT2D eigenvalue weighted by atomic mass is 10.0. The van der Waals surface area contributed by atoms with Gasteiger partial charge in [-0.05, 0) is 31.0 Å². The van der Waals surface area contributed by atoms with E-state index in [1.165, 1.54) is 5.56 Å². The minimum absolute atomic E-state index is 0.138. The van der Waals surface area contributed by atoms with Gasteiger partial charge in [-0.2, -0.15) is 0 Å². The van der Waals surface area contributed by atoms with E-state index in [1.807, 2.05) is 19.2 Å². The quantitative estimate of drug-likeness (QED) is 0.723. The Morgan fingerprint density at radius 2 is 2.25 bits per heavy atom. The molecule has 16 heavy (non-hydrogen) atoms. The van der Waals surface area contributed by atoms with Gasteiger partial charge in [0.2, 0.25) is 0 Å². The van der Waals surface area contributed by atoms with E-state index < -0.39 is 6.09 Å². The van der Waals surface area contributed by atoms with E-state index in [0.29, 0.717) is 6.54 Å². The van der Waals surface area contributed by atoms with Gasteiger partial charge in [-0.15, -0.1) is 0 Å². The molecule has 1 aliphatic rings. The van der Waals surface area contributed by atoms with Crippen molar-refractivity contribution in [2.45, 2.75) is 24.9 Å². The molecule has 2 rings (SSSR count). The summed E-state index contributed by atoms with van der Waals surface area (Å²) in [6, 6.07) is 8.07. The molecule has 1 aliphatic carbocycles. The SMILES string of the molecule is CNC1(c2cccc(CNC(=O)O)c2)CC1. The standard InChI is InChI=1S/C12H16N2O2/c1-13-12(5-6-12)10-4-2-3-9(7-10)8-14-11(15)16/h2-4,7,13-14H,5-6,8H2,1H3,(H,15,16). The number of nitrogens with one attached hydrogen (secondary N) is 2. The Bertz CT molecular complexity index is 400. The third-order valence-corrected chi connectivity index (χ3v) is 3.15. The van der Waals surface area contributed by atoms with Crippen molar-refractivity contribution >= 4 is 6.09 Å². The summed E-state index contributed by atoms with van der Waals surface area (Å²) in [6.07, 6.45) is 1.32. The highest BCUT2D eigenvalue weighted by Gasteiger charge is 2.42. The second-order valence-corrected chi connectivity index (χ2v) is 4.19. The summed E-state index contributed by atoms with van der Waals surface area (Å²) in [5.74, 6) is 0. The van der Waals surface area contributed by atoms with Crippen LogP contribution in [0.25, 0.3) is 0 Å². The first-order valence-corrected chi connectivity index (χ1v) is 5.41. The van der Waals surface area contributed by atoms with Crippen LogP contribution in [0.4, 0.5) is 4.79 Å². The molecule has 0 radical (unpaired) electrons. The second-order valence-electron chi connectivity index (χ2n) is 4.19. The Hall–Kier alpha value is -1.55. The molecule has 0 atom stereocenters. The van der Waals surface area contributed by atoms with E-state index >= 15 is 0 Å². The molecule has 1 aromatic rings. The lowest BCUT2D eigenvalue weighted by molar-refractivity contribution is 0.194. The van der Waals surface area contributed by atoms with Gasteiger partial charge in [-0.3, -0.25) is 0 Å². The molecule has 0 unspecified atom stereocenters. The number of carboxylic acid groups (broad SMARTS) is 1. The highest BCUT2D eigenvalue weighted by molar-refractivity contribution is 5.64. The summed E-state index contributed by atoms with van der Waals surface area (Å²) < 4.78 is 0. The maximum Gasteiger partial charge on any atom is 0.404 e. The topological polar surface area (TPSA) is 61.4 Å². The zero-order valence-corrected chi connectivity index (χ0v) is 9.29. The van der Waals surface area contributed by atoms with E-state index in [9.17, 15) is 4.79 Å². The highest BCUT2D eigenvalue weighted by Crippen LogP contribution is 2.45. The van der Waals surface area contributed by atoms with Gasteiger partial charge in [0.05, 0.1) is 0 Å². The molecule has 86 valence electrons. The third-order valence-electron chi connectivity index (χ3n) is 3.15. The molecule has 0 saturated heterocycles. The van der Waals surface area contributed by atoms with E-state index in [0.717, 1.165) is 18.4 Å². The number of hydrogen-bond acceptors (Lipinski definition) is 2. The van der Waals surface area contributed by atoms with Crippen molar-refractivity contribution in [1.29, 1.82) is 0 Å². The van der Waals surface area contributed by atoms with Gasteiger partial charge in [0, 0.05) is 12.1 Å². The Morgan fingerprint density at radius 3 is 2.81 bits per heavy atom. The summed E-state index contributed by atoms with van der Waals surface area (Å²) in [5, 5.41) is 14.2. The average Bonchev–Trinajstić information content (AvgIpc) is 3.08. The zero-order valence-electron chi connectivity index (χ0n) is 9.29. The van der Waals surface area contributed by atoms with Crippen LogP contribution in [0.1, 0.15) is 24.0 Å². The molecule has 4 heteroatoms. The van der Waals surface area contributed by atoms with E-state index in [4.69, 9.17) is 5.11 Å². The van der Waals surface area contributed by atoms with Crippen LogP contribution in [-0.2, 0) is 12.1 Å². The van der Waals surface area contributed by atoms with Crippen LogP contribution >= 0.6 is 0 Å². The smallest absolute Gasteiger partial charge is 0.404 e. The van der Waals surface area contributed by atoms with Crippen molar-refractivity contribution in [1.82, 2.24) is 10.6 Å². The van der Waals surface area contributed by atoms with Crippen LogP contribution in [0, 0.1) is 0 Å². The third kappa shape index (κ3) is 2.17. The fourth-order valence-corrected chi connectivity index (χ4v) is 1.96. The molecule has 0 heterocycles. The van der Waals surface area contributed by atoms with Gasteiger partial charge in [0.25, 0.3) is 0 Å². The molecule has 4 nitrogen and oxygen atoms in total. The van der Waals surface area contributed by atoms with Crippen molar-refractivity contribution in [3.63, 3.8) is 0 Å². The molecule has 1 amide bonds. The van der Waals surface area contributed by atoms with Crippen LogP contribution in [0.2, 0.25) is 0 Å². The van der Waals surface area contributed by atoms with Crippen LogP contribution in [0.15, 0.2) is 24.3 Å². The largest absolute Gasteiger partial charge is 0.465 e. The Labute approximate surface area is 94.7 Å². The minimum atomic E-state index is -0.986. The first kappa shape index (κ1) is 11.0. The van der Waals surface area contributed by atoms with Crippen molar-refractivity contribution < 1.29 is 9.90 Å². The summed E-state index contributed by atoms with van der Waals surface area (Å²) in [7, 11) is 1.97. The molecule has 0 bridgehead atoms. The summed E-state index contributed by atoms with van der Waals surface area (Å²) in [6.45, 7) is 0.364. The van der Waals surface area contributed by atoms with Gasteiger partial charge in [0.1, 0.15) is 0 Å². The Balaban J connectivity index is 2.11. The molecular formula is C12H16N2O2. The molecular weight excluding hydrogens is 204 g/mol. The lowest BCUT2D eigenvalue weighted by Crippen LogP contribution is -2.25. The lowest BCUT2D eigenvalue weighted by Gasteiger charge is -2.15. The van der Waals surface area contributed by atoms with Crippen molar-refractivity contribution in [2.24, 2.45) is 0 Å². The Morgan fingerprint density at radius 1 is 1.50 bits per heavy atom. The second kappa shape index (κ2) is 4.14. The molecule has 0 aliphatic heterocycles. The highest BCUT2D eigenvalue weighted by atomic mass is 16.4. The van der Waals surface area contributed by atoms with E-state index in [1.54, 1.807) is 0 Å². The number of rotatable bonds is 4. The van der Waals surface area contributed by atoms with E-state index in [2.05, 4.69) is 22.8 Å². The predicted molar refractivity (Wildman–Crippen MR) is 61.3 cm³/mol. The maximum absolute atomic E-state index is 10.4. The summed E-state index contributed by atoms with van der Waals surface area (Å²) in [4.78, 5) is 10.4. The van der Waals surface area contributed by atoms with Gasteiger partial charge in [-0.1, -0.05) is 24.3 Å². The van der Waals surface area contributed by atoms with Gasteiger partial charge < -0.3 is 15.7 Å². The maximum atomic E-state index is 10.4. The first-order valence-electron chi connectivity index (χ1n) is 5.41. The number of amides is 1. The Kier molecular flexibility index (Phi) is 2.83. The average molecular weight is 220 g/mol. The summed E-state index contributed by atoms with van der Waals surface area (Å²) >= 11 is 0. The van der Waals surface area contributed by atoms with E-state index in [-0.39, 0.29) is 5.54 Å². The normalized spacial score (nSPS) is 16.8. The number of benzene rings is 1. The fraction of sp³-hybridized carbons (Fsp3) is 0.417. The molecule has 3 N–H and O–H groups in total. The summed E-state index contributed by atoms with van der Waals surface area (Å²) in [5.41, 5.74) is 2.39. The number of carbonyl (C=O) groups is 1. The van der Waals surface area contributed by atoms with Crippen LogP contribution in [-0.4, -0.2) is 18.2 Å². The van der Waals surface area contributed by atoms with Crippen LogP contribution in [0.5, 0.6) is 0 Å². The van der Waals surface area contributed by atoms with Gasteiger partial charge >= 0.3 is 6.09 Å². The predicted octanol–water partition coefficient (Wildman–Crippen LogP) is 1.66. The van der Waals surface area contributed by atoms with Gasteiger partial charge in [0.15, 0.2) is 0 Å². The number of hydrogen-bond donors (Lipinski definition) is 3. The van der Waals surface area contributed by atoms with Crippen LogP contribution in [0.3, 0.4) is 0 Å². The van der Waals surface area contributed by atoms with Gasteiger partial charge in [-0.25, -0.2) is 4.79 Å². The van der Waals surface area contributed by atoms with Crippen molar-refractivity contribution in [2.75, 3.05) is 7.05 Å². The van der Waals surface area contributed by atoms with Crippen LogP contribution < -0.4 is 10.6 Å². The first-order chi connectivity index (χ1) is 7.66. The molecule has 1 saturated carbocycles. The molecule has 1 fully saturated rings. The fourth-order valence-electron chi connectivity index (χ4n) is 1.96. The molecule has 0 aromatic heterocycles. The van der Waals surface area contributed by atoms with Crippen molar-refractivity contribution in [3.05, 3.63) is 35.4 Å². The molecule has 1 aromatic carbocycles. The van der Waals surface area contributed by atoms with Crippen molar-refractivity contribution in [3.8, 4) is 0 Å².